The molecular weight excluding hydrogens is 208 g/mol. The monoisotopic (exact) mass is 230 g/mol. The highest BCUT2D eigenvalue weighted by atomic mass is 15.1. The molecular formula is C15H22N2. The van der Waals surface area contributed by atoms with Crippen LogP contribution in [0.25, 0.3) is 0 Å². The number of hydrogen-bond donors (Lipinski definition) is 0. The van der Waals surface area contributed by atoms with E-state index in [1.165, 1.54) is 16.7 Å². The van der Waals surface area contributed by atoms with E-state index in [4.69, 9.17) is 5.26 Å². The molecule has 0 radical (unpaired) electrons. The average molecular weight is 230 g/mol. The molecule has 0 aliphatic heterocycles. The predicted octanol–water partition coefficient (Wildman–Crippen LogP) is 3.29. The highest BCUT2D eigenvalue weighted by Crippen LogP contribution is 2.12. The van der Waals surface area contributed by atoms with Crippen molar-refractivity contribution in [1.29, 1.82) is 5.26 Å². The average Bonchev–Trinajstić information content (AvgIpc) is 2.32. The van der Waals surface area contributed by atoms with Crippen molar-refractivity contribution in [2.24, 2.45) is 5.92 Å². The summed E-state index contributed by atoms with van der Waals surface area (Å²) in [7, 11) is 0. The predicted molar refractivity (Wildman–Crippen MR) is 71.6 cm³/mol. The molecule has 0 aliphatic carbocycles. The summed E-state index contributed by atoms with van der Waals surface area (Å²) >= 11 is 0. The fraction of sp³-hybridized carbons (Fsp3) is 0.533. The molecule has 0 heterocycles. The van der Waals surface area contributed by atoms with E-state index < -0.39 is 0 Å². The molecule has 0 saturated heterocycles. The highest BCUT2D eigenvalue weighted by Gasteiger charge is 2.08. The van der Waals surface area contributed by atoms with Gasteiger partial charge in [-0.2, -0.15) is 5.26 Å². The third-order valence-electron chi connectivity index (χ3n) is 3.18. The first-order valence-electron chi connectivity index (χ1n) is 6.25. The first-order chi connectivity index (χ1) is 8.06. The Morgan fingerprint density at radius 1 is 1.29 bits per heavy atom. The number of nitriles is 1. The summed E-state index contributed by atoms with van der Waals surface area (Å²) < 4.78 is 0. The Hall–Kier alpha value is -1.33. The Bertz CT molecular complexity index is 404. The fourth-order valence-electron chi connectivity index (χ4n) is 1.89. The molecule has 0 fully saturated rings. The van der Waals surface area contributed by atoms with Crippen LogP contribution in [0.1, 0.15) is 30.5 Å². The van der Waals surface area contributed by atoms with Crippen molar-refractivity contribution < 1.29 is 0 Å². The Balaban J connectivity index is 2.67. The van der Waals surface area contributed by atoms with Crippen molar-refractivity contribution in [3.8, 4) is 6.07 Å². The van der Waals surface area contributed by atoms with Crippen LogP contribution in [0.15, 0.2) is 18.2 Å². The number of rotatable bonds is 5. The van der Waals surface area contributed by atoms with Gasteiger partial charge < -0.3 is 0 Å². The van der Waals surface area contributed by atoms with Gasteiger partial charge in [0.1, 0.15) is 0 Å². The third-order valence-corrected chi connectivity index (χ3v) is 3.18. The standard InChI is InChI=1S/C15H22N2/c1-5-17(10-12(2)9-16)11-15-7-6-13(3)14(4)8-15/h6-8,12H,5,10-11H2,1-4H3. The third kappa shape index (κ3) is 4.20. The van der Waals surface area contributed by atoms with Gasteiger partial charge in [0.15, 0.2) is 0 Å². The molecule has 2 nitrogen and oxygen atoms in total. The zero-order chi connectivity index (χ0) is 12.8. The molecule has 0 spiro atoms. The Labute approximate surface area is 105 Å². The summed E-state index contributed by atoms with van der Waals surface area (Å²) in [6.45, 7) is 11.2. The van der Waals surface area contributed by atoms with Crippen LogP contribution in [-0.2, 0) is 6.54 Å². The second-order valence-corrected chi connectivity index (χ2v) is 4.78. The van der Waals surface area contributed by atoms with E-state index in [1.54, 1.807) is 0 Å². The summed E-state index contributed by atoms with van der Waals surface area (Å²) in [6.07, 6.45) is 0. The van der Waals surface area contributed by atoms with Gasteiger partial charge in [-0.25, -0.2) is 0 Å². The molecule has 1 aromatic carbocycles. The van der Waals surface area contributed by atoms with Crippen LogP contribution in [0.2, 0.25) is 0 Å². The maximum absolute atomic E-state index is 8.85. The lowest BCUT2D eigenvalue weighted by Gasteiger charge is -2.21. The number of benzene rings is 1. The quantitative estimate of drug-likeness (QED) is 0.776. The molecule has 2 heteroatoms. The van der Waals surface area contributed by atoms with Gasteiger partial charge in [0.25, 0.3) is 0 Å². The summed E-state index contributed by atoms with van der Waals surface area (Å²) in [5, 5.41) is 8.85. The lowest BCUT2D eigenvalue weighted by Crippen LogP contribution is -2.27. The van der Waals surface area contributed by atoms with E-state index in [2.05, 4.69) is 49.9 Å². The normalized spacial score (nSPS) is 12.5. The van der Waals surface area contributed by atoms with Crippen LogP contribution in [0.5, 0.6) is 0 Å². The molecule has 17 heavy (non-hydrogen) atoms. The zero-order valence-corrected chi connectivity index (χ0v) is 11.3. The lowest BCUT2D eigenvalue weighted by molar-refractivity contribution is 0.260. The fourth-order valence-corrected chi connectivity index (χ4v) is 1.89. The number of hydrogen-bond acceptors (Lipinski definition) is 2. The van der Waals surface area contributed by atoms with Crippen molar-refractivity contribution >= 4 is 0 Å². The Morgan fingerprint density at radius 2 is 2.00 bits per heavy atom. The topological polar surface area (TPSA) is 27.0 Å². The van der Waals surface area contributed by atoms with Gasteiger partial charge in [0.05, 0.1) is 12.0 Å². The van der Waals surface area contributed by atoms with E-state index in [9.17, 15) is 0 Å². The van der Waals surface area contributed by atoms with Crippen LogP contribution >= 0.6 is 0 Å². The van der Waals surface area contributed by atoms with Crippen LogP contribution in [-0.4, -0.2) is 18.0 Å². The van der Waals surface area contributed by atoms with Gasteiger partial charge in [0.2, 0.25) is 0 Å². The van der Waals surface area contributed by atoms with E-state index >= 15 is 0 Å². The van der Waals surface area contributed by atoms with Crippen molar-refractivity contribution in [3.63, 3.8) is 0 Å². The first-order valence-corrected chi connectivity index (χ1v) is 6.25. The smallest absolute Gasteiger partial charge is 0.0666 e. The highest BCUT2D eigenvalue weighted by molar-refractivity contribution is 5.29. The zero-order valence-electron chi connectivity index (χ0n) is 11.3. The number of nitrogens with zero attached hydrogens (tertiary/aromatic N) is 2. The SMILES string of the molecule is CCN(Cc1ccc(C)c(C)c1)CC(C)C#N. The Kier molecular flexibility index (Phi) is 5.18. The van der Waals surface area contributed by atoms with Crippen LogP contribution in [0, 0.1) is 31.1 Å². The second kappa shape index (κ2) is 6.42. The minimum atomic E-state index is 0.0986. The minimum Gasteiger partial charge on any atom is -0.298 e. The molecule has 0 amide bonds. The molecule has 92 valence electrons. The van der Waals surface area contributed by atoms with Crippen LogP contribution in [0.4, 0.5) is 0 Å². The maximum atomic E-state index is 8.85. The van der Waals surface area contributed by atoms with E-state index in [0.717, 1.165) is 19.6 Å². The van der Waals surface area contributed by atoms with Crippen LogP contribution in [0.3, 0.4) is 0 Å². The molecule has 1 unspecified atom stereocenters. The van der Waals surface area contributed by atoms with Crippen molar-refractivity contribution in [2.45, 2.75) is 34.2 Å². The molecule has 0 aromatic heterocycles. The largest absolute Gasteiger partial charge is 0.298 e. The molecule has 1 aromatic rings. The molecule has 0 saturated carbocycles. The molecule has 1 rings (SSSR count). The molecule has 0 bridgehead atoms. The summed E-state index contributed by atoms with van der Waals surface area (Å²) in [6, 6.07) is 8.89. The molecule has 1 atom stereocenters. The summed E-state index contributed by atoms with van der Waals surface area (Å²) in [4.78, 5) is 2.32. The lowest BCUT2D eigenvalue weighted by atomic mass is 10.1. The first kappa shape index (κ1) is 13.7. The summed E-state index contributed by atoms with van der Waals surface area (Å²) in [5.74, 6) is 0.0986. The van der Waals surface area contributed by atoms with E-state index in [0.29, 0.717) is 0 Å². The van der Waals surface area contributed by atoms with Gasteiger partial charge in [-0.05, 0) is 44.0 Å². The van der Waals surface area contributed by atoms with Crippen molar-refractivity contribution in [1.82, 2.24) is 4.90 Å². The van der Waals surface area contributed by atoms with E-state index in [1.807, 2.05) is 6.92 Å². The van der Waals surface area contributed by atoms with E-state index in [-0.39, 0.29) is 5.92 Å². The van der Waals surface area contributed by atoms with Gasteiger partial charge in [-0.1, -0.05) is 25.1 Å². The van der Waals surface area contributed by atoms with Crippen molar-refractivity contribution in [3.05, 3.63) is 34.9 Å². The maximum Gasteiger partial charge on any atom is 0.0666 e. The van der Waals surface area contributed by atoms with Crippen molar-refractivity contribution in [2.75, 3.05) is 13.1 Å². The van der Waals surface area contributed by atoms with Gasteiger partial charge >= 0.3 is 0 Å². The number of aryl methyl sites for hydroxylation is 2. The molecule has 0 N–H and O–H groups in total. The van der Waals surface area contributed by atoms with Gasteiger partial charge in [-0.3, -0.25) is 4.90 Å². The Morgan fingerprint density at radius 3 is 2.53 bits per heavy atom. The van der Waals surface area contributed by atoms with Gasteiger partial charge in [0, 0.05) is 13.1 Å². The summed E-state index contributed by atoms with van der Waals surface area (Å²) in [5.41, 5.74) is 4.01. The second-order valence-electron chi connectivity index (χ2n) is 4.78. The minimum absolute atomic E-state index is 0.0986. The van der Waals surface area contributed by atoms with Crippen LogP contribution < -0.4 is 0 Å². The van der Waals surface area contributed by atoms with Gasteiger partial charge in [-0.15, -0.1) is 0 Å². The molecule has 0 aliphatic rings.